The Morgan fingerprint density at radius 1 is 1.38 bits per heavy atom. The molecule has 0 spiro atoms. The van der Waals surface area contributed by atoms with Crippen molar-refractivity contribution in [2.45, 2.75) is 6.42 Å². The van der Waals surface area contributed by atoms with Crippen LogP contribution in [0.2, 0.25) is 0 Å². The Kier molecular flexibility index (Phi) is 4.07. The van der Waals surface area contributed by atoms with Crippen molar-refractivity contribution < 1.29 is 13.7 Å². The van der Waals surface area contributed by atoms with E-state index in [9.17, 15) is 18.9 Å². The van der Waals surface area contributed by atoms with Crippen molar-refractivity contribution in [1.82, 2.24) is 0 Å². The zero-order valence-electron chi connectivity index (χ0n) is 8.32. The molecule has 0 aromatic heterocycles. The molecule has 0 unspecified atom stereocenters. The summed E-state index contributed by atoms with van der Waals surface area (Å²) in [6.07, 6.45) is 3.67. The summed E-state index contributed by atoms with van der Waals surface area (Å²) < 4.78 is 26.3. The summed E-state index contributed by atoms with van der Waals surface area (Å²) in [6.45, 7) is 0.425. The maximum atomic E-state index is 13.1. The average Bonchev–Trinajstić information content (AvgIpc) is 2.16. The maximum absolute atomic E-state index is 13.1. The fourth-order valence-corrected chi connectivity index (χ4v) is 1.17. The third-order valence-electron chi connectivity index (χ3n) is 1.87. The highest BCUT2D eigenvalue weighted by molar-refractivity contribution is 5.53. The Balaban J connectivity index is 3.05. The SMILES string of the molecule is NCCC=Cc1cc(F)c([N+](=O)[O-])c(F)c1. The molecule has 0 saturated carbocycles. The van der Waals surface area contributed by atoms with Gasteiger partial charge in [-0.05, 0) is 30.7 Å². The summed E-state index contributed by atoms with van der Waals surface area (Å²) in [4.78, 5) is 9.22. The number of hydrogen-bond donors (Lipinski definition) is 1. The number of nitro benzene ring substituents is 1. The molecule has 0 bridgehead atoms. The van der Waals surface area contributed by atoms with E-state index >= 15 is 0 Å². The predicted molar refractivity (Wildman–Crippen MR) is 55.7 cm³/mol. The molecule has 0 fully saturated rings. The van der Waals surface area contributed by atoms with Gasteiger partial charge in [0.2, 0.25) is 11.6 Å². The first-order valence-electron chi connectivity index (χ1n) is 4.56. The van der Waals surface area contributed by atoms with E-state index in [1.807, 2.05) is 0 Å². The number of benzene rings is 1. The zero-order chi connectivity index (χ0) is 12.1. The number of halogens is 2. The van der Waals surface area contributed by atoms with E-state index in [1.165, 1.54) is 6.08 Å². The molecule has 86 valence electrons. The van der Waals surface area contributed by atoms with Crippen molar-refractivity contribution in [3.8, 4) is 0 Å². The highest BCUT2D eigenvalue weighted by Gasteiger charge is 2.21. The second-order valence-corrected chi connectivity index (χ2v) is 3.07. The smallest absolute Gasteiger partial charge is 0.330 e. The quantitative estimate of drug-likeness (QED) is 0.634. The van der Waals surface area contributed by atoms with Crippen LogP contribution >= 0.6 is 0 Å². The van der Waals surface area contributed by atoms with Crippen molar-refractivity contribution in [1.29, 1.82) is 0 Å². The summed E-state index contributed by atoms with van der Waals surface area (Å²) in [5.74, 6) is -2.37. The van der Waals surface area contributed by atoms with E-state index in [0.29, 0.717) is 13.0 Å². The number of nitrogens with zero attached hydrogens (tertiary/aromatic N) is 1. The van der Waals surface area contributed by atoms with Crippen LogP contribution in [0.25, 0.3) is 6.08 Å². The van der Waals surface area contributed by atoms with Gasteiger partial charge in [-0.3, -0.25) is 10.1 Å². The topological polar surface area (TPSA) is 69.2 Å². The minimum atomic E-state index is -1.18. The fraction of sp³-hybridized carbons (Fsp3) is 0.200. The highest BCUT2D eigenvalue weighted by Crippen LogP contribution is 2.23. The minimum absolute atomic E-state index is 0.231. The molecule has 4 nitrogen and oxygen atoms in total. The van der Waals surface area contributed by atoms with Gasteiger partial charge < -0.3 is 5.73 Å². The van der Waals surface area contributed by atoms with E-state index in [4.69, 9.17) is 5.73 Å². The van der Waals surface area contributed by atoms with Crippen LogP contribution in [-0.4, -0.2) is 11.5 Å². The largest absolute Gasteiger partial charge is 0.340 e. The number of nitrogens with two attached hydrogens (primary N) is 1. The summed E-state index contributed by atoms with van der Waals surface area (Å²) in [5.41, 5.74) is 4.33. The normalized spacial score (nSPS) is 10.9. The number of rotatable bonds is 4. The predicted octanol–water partition coefficient (Wildman–Crippen LogP) is 2.24. The molecule has 0 atom stereocenters. The van der Waals surface area contributed by atoms with E-state index in [-0.39, 0.29) is 5.56 Å². The van der Waals surface area contributed by atoms with Crippen LogP contribution in [0.3, 0.4) is 0 Å². The minimum Gasteiger partial charge on any atom is -0.330 e. The molecule has 6 heteroatoms. The molecule has 2 N–H and O–H groups in total. The van der Waals surface area contributed by atoms with Gasteiger partial charge in [0, 0.05) is 0 Å². The molecule has 1 aromatic rings. The third kappa shape index (κ3) is 2.83. The fourth-order valence-electron chi connectivity index (χ4n) is 1.17. The summed E-state index contributed by atoms with van der Waals surface area (Å²) in [7, 11) is 0. The molecule has 0 amide bonds. The van der Waals surface area contributed by atoms with E-state index < -0.39 is 22.2 Å². The summed E-state index contributed by atoms with van der Waals surface area (Å²) in [6, 6.07) is 1.82. The summed E-state index contributed by atoms with van der Waals surface area (Å²) in [5, 5.41) is 10.3. The first-order valence-corrected chi connectivity index (χ1v) is 4.56. The van der Waals surface area contributed by atoms with Crippen LogP contribution in [0.1, 0.15) is 12.0 Å². The monoisotopic (exact) mass is 228 g/mol. The van der Waals surface area contributed by atoms with Gasteiger partial charge in [0.25, 0.3) is 0 Å². The van der Waals surface area contributed by atoms with Crippen LogP contribution < -0.4 is 5.73 Å². The van der Waals surface area contributed by atoms with Crippen molar-refractivity contribution >= 4 is 11.8 Å². The molecule has 1 rings (SSSR count). The van der Waals surface area contributed by atoms with Gasteiger partial charge in [-0.15, -0.1) is 0 Å². The number of nitro groups is 1. The van der Waals surface area contributed by atoms with Crippen LogP contribution in [0, 0.1) is 21.7 Å². The second kappa shape index (κ2) is 5.32. The van der Waals surface area contributed by atoms with Gasteiger partial charge in [-0.1, -0.05) is 12.2 Å². The van der Waals surface area contributed by atoms with Gasteiger partial charge in [0.15, 0.2) is 0 Å². The van der Waals surface area contributed by atoms with Crippen LogP contribution in [0.5, 0.6) is 0 Å². The maximum Gasteiger partial charge on any atom is 0.340 e. The third-order valence-corrected chi connectivity index (χ3v) is 1.87. The Labute approximate surface area is 90.5 Å². The highest BCUT2D eigenvalue weighted by atomic mass is 19.1. The zero-order valence-corrected chi connectivity index (χ0v) is 8.32. The van der Waals surface area contributed by atoms with E-state index in [0.717, 1.165) is 12.1 Å². The van der Waals surface area contributed by atoms with Gasteiger partial charge in [-0.25, -0.2) is 0 Å². The van der Waals surface area contributed by atoms with Gasteiger partial charge in [0.05, 0.1) is 4.92 Å². The molecule has 0 radical (unpaired) electrons. The Hall–Kier alpha value is -1.82. The van der Waals surface area contributed by atoms with E-state index in [1.54, 1.807) is 6.08 Å². The van der Waals surface area contributed by atoms with Gasteiger partial charge >= 0.3 is 5.69 Å². The Morgan fingerprint density at radius 3 is 2.38 bits per heavy atom. The molecule has 0 aliphatic carbocycles. The molecule has 0 heterocycles. The van der Waals surface area contributed by atoms with Crippen LogP contribution in [-0.2, 0) is 0 Å². The van der Waals surface area contributed by atoms with Crippen LogP contribution in [0.15, 0.2) is 18.2 Å². The van der Waals surface area contributed by atoms with Gasteiger partial charge in [-0.2, -0.15) is 8.78 Å². The standard InChI is InChI=1S/C10H10F2N2O2/c11-8-5-7(3-1-2-4-13)6-9(12)10(8)14(15)16/h1,3,5-6H,2,4,13H2. The first-order chi connectivity index (χ1) is 7.56. The number of hydrogen-bond acceptors (Lipinski definition) is 3. The van der Waals surface area contributed by atoms with Gasteiger partial charge in [0.1, 0.15) is 0 Å². The molecule has 0 saturated heterocycles. The summed E-state index contributed by atoms with van der Waals surface area (Å²) >= 11 is 0. The molecular weight excluding hydrogens is 218 g/mol. The average molecular weight is 228 g/mol. The lowest BCUT2D eigenvalue weighted by atomic mass is 10.1. The lowest BCUT2D eigenvalue weighted by Crippen LogP contribution is -1.97. The molecule has 1 aromatic carbocycles. The van der Waals surface area contributed by atoms with Crippen molar-refractivity contribution in [3.05, 3.63) is 45.5 Å². The molecule has 0 aliphatic rings. The van der Waals surface area contributed by atoms with Crippen molar-refractivity contribution in [3.63, 3.8) is 0 Å². The van der Waals surface area contributed by atoms with E-state index in [2.05, 4.69) is 0 Å². The Morgan fingerprint density at radius 2 is 1.94 bits per heavy atom. The van der Waals surface area contributed by atoms with Crippen molar-refractivity contribution in [2.24, 2.45) is 5.73 Å². The lowest BCUT2D eigenvalue weighted by molar-refractivity contribution is -0.390. The molecule has 0 aliphatic heterocycles. The Bertz CT molecular complexity index is 410. The van der Waals surface area contributed by atoms with Crippen LogP contribution in [0.4, 0.5) is 14.5 Å². The lowest BCUT2D eigenvalue weighted by Gasteiger charge is -1.98. The molecular formula is C10H10F2N2O2. The molecule has 16 heavy (non-hydrogen) atoms. The van der Waals surface area contributed by atoms with Crippen molar-refractivity contribution in [2.75, 3.05) is 6.54 Å². The second-order valence-electron chi connectivity index (χ2n) is 3.07. The first kappa shape index (κ1) is 12.3.